The maximum absolute atomic E-state index is 11.9. The Hall–Kier alpha value is -2.43. The molecule has 1 fully saturated rings. The van der Waals surface area contributed by atoms with Gasteiger partial charge in [-0.1, -0.05) is 30.3 Å². The number of amides is 1. The third kappa shape index (κ3) is 3.56. The molecule has 1 aliphatic carbocycles. The van der Waals surface area contributed by atoms with Gasteiger partial charge < -0.3 is 5.32 Å². The van der Waals surface area contributed by atoms with Crippen LogP contribution in [0.5, 0.6) is 0 Å². The van der Waals surface area contributed by atoms with Crippen LogP contribution in [0, 0.1) is 0 Å². The average Bonchev–Trinajstić information content (AvgIpc) is 3.26. The van der Waals surface area contributed by atoms with Crippen LogP contribution in [0.4, 0.5) is 5.82 Å². The largest absolute Gasteiger partial charge is 0.309 e. The molecule has 1 aromatic carbocycles. The molecule has 1 aliphatic rings. The van der Waals surface area contributed by atoms with E-state index in [-0.39, 0.29) is 24.5 Å². The van der Waals surface area contributed by atoms with Gasteiger partial charge in [-0.2, -0.15) is 5.10 Å². The van der Waals surface area contributed by atoms with Crippen LogP contribution in [0.1, 0.15) is 47.7 Å². The first-order valence-corrected chi connectivity index (χ1v) is 7.16. The van der Waals surface area contributed by atoms with Crippen molar-refractivity contribution < 1.29 is 9.59 Å². The zero-order chi connectivity index (χ0) is 14.7. The van der Waals surface area contributed by atoms with Crippen LogP contribution < -0.4 is 5.32 Å². The van der Waals surface area contributed by atoms with Crippen LogP contribution in [-0.2, 0) is 4.79 Å². The minimum Gasteiger partial charge on any atom is -0.309 e. The highest BCUT2D eigenvalue weighted by molar-refractivity contribution is 5.99. The van der Waals surface area contributed by atoms with E-state index in [1.54, 1.807) is 12.1 Å². The predicted octanol–water partition coefficient (Wildman–Crippen LogP) is 2.89. The molecule has 0 unspecified atom stereocenters. The number of H-pyrrole nitrogens is 1. The van der Waals surface area contributed by atoms with Crippen LogP contribution in [0.15, 0.2) is 36.4 Å². The van der Waals surface area contributed by atoms with E-state index in [1.165, 1.54) is 12.8 Å². The van der Waals surface area contributed by atoms with E-state index >= 15 is 0 Å². The van der Waals surface area contributed by atoms with Gasteiger partial charge in [0.15, 0.2) is 11.6 Å². The zero-order valence-electron chi connectivity index (χ0n) is 11.6. The first kappa shape index (κ1) is 13.5. The van der Waals surface area contributed by atoms with Gasteiger partial charge in [-0.15, -0.1) is 0 Å². The molecule has 0 bridgehead atoms. The number of carbonyl (C=O) groups is 2. The molecule has 1 aromatic heterocycles. The molecule has 1 heterocycles. The van der Waals surface area contributed by atoms with E-state index in [9.17, 15) is 9.59 Å². The van der Waals surface area contributed by atoms with E-state index in [0.717, 1.165) is 5.69 Å². The molecule has 2 aromatic rings. The quantitative estimate of drug-likeness (QED) is 0.800. The fourth-order valence-corrected chi connectivity index (χ4v) is 2.20. The molecule has 1 saturated carbocycles. The smallest absolute Gasteiger partial charge is 0.226 e. The maximum Gasteiger partial charge on any atom is 0.226 e. The number of anilines is 1. The molecule has 2 N–H and O–H groups in total. The third-order valence-corrected chi connectivity index (χ3v) is 3.56. The van der Waals surface area contributed by atoms with E-state index in [1.807, 2.05) is 24.3 Å². The van der Waals surface area contributed by atoms with Crippen molar-refractivity contribution in [3.63, 3.8) is 0 Å². The number of benzene rings is 1. The minimum absolute atomic E-state index is 0.0218. The van der Waals surface area contributed by atoms with Gasteiger partial charge >= 0.3 is 0 Å². The summed E-state index contributed by atoms with van der Waals surface area (Å²) < 4.78 is 0. The summed E-state index contributed by atoms with van der Waals surface area (Å²) in [6.45, 7) is 0. The molecule has 21 heavy (non-hydrogen) atoms. The Balaban J connectivity index is 1.48. The number of Topliss-reactive ketones (excluding diaryl/α,β-unsaturated/α-hetero) is 1. The first-order valence-electron chi connectivity index (χ1n) is 7.16. The molecule has 5 heteroatoms. The number of nitrogens with one attached hydrogen (secondary N) is 2. The molecular formula is C16H17N3O2. The summed E-state index contributed by atoms with van der Waals surface area (Å²) in [4.78, 5) is 23.7. The van der Waals surface area contributed by atoms with Gasteiger partial charge in [-0.25, -0.2) is 0 Å². The zero-order valence-corrected chi connectivity index (χ0v) is 11.6. The fourth-order valence-electron chi connectivity index (χ4n) is 2.20. The van der Waals surface area contributed by atoms with Crippen molar-refractivity contribution in [3.05, 3.63) is 47.7 Å². The maximum atomic E-state index is 11.9. The van der Waals surface area contributed by atoms with Gasteiger partial charge in [0, 0.05) is 36.1 Å². The lowest BCUT2D eigenvalue weighted by atomic mass is 10.1. The Morgan fingerprint density at radius 1 is 1.19 bits per heavy atom. The molecule has 0 spiro atoms. The summed E-state index contributed by atoms with van der Waals surface area (Å²) in [5.41, 5.74) is 1.71. The Kier molecular flexibility index (Phi) is 3.81. The van der Waals surface area contributed by atoms with Gasteiger partial charge in [0.25, 0.3) is 0 Å². The fraction of sp³-hybridized carbons (Fsp3) is 0.312. The van der Waals surface area contributed by atoms with Gasteiger partial charge in [-0.3, -0.25) is 14.7 Å². The highest BCUT2D eigenvalue weighted by atomic mass is 16.2. The molecule has 5 nitrogen and oxygen atoms in total. The van der Waals surface area contributed by atoms with Gasteiger partial charge in [0.1, 0.15) is 0 Å². The van der Waals surface area contributed by atoms with E-state index in [2.05, 4.69) is 15.5 Å². The van der Waals surface area contributed by atoms with Crippen LogP contribution in [0.25, 0.3) is 0 Å². The molecule has 0 saturated heterocycles. The van der Waals surface area contributed by atoms with Crippen molar-refractivity contribution >= 4 is 17.5 Å². The molecule has 108 valence electrons. The second kappa shape index (κ2) is 5.91. The van der Waals surface area contributed by atoms with E-state index in [4.69, 9.17) is 0 Å². The summed E-state index contributed by atoms with van der Waals surface area (Å²) in [6, 6.07) is 10.9. The van der Waals surface area contributed by atoms with Crippen LogP contribution in [-0.4, -0.2) is 21.9 Å². The summed E-state index contributed by atoms with van der Waals surface area (Å²) in [5, 5.41) is 9.71. The number of aromatic amines is 1. The summed E-state index contributed by atoms with van der Waals surface area (Å²) in [5.74, 6) is 0.899. The summed E-state index contributed by atoms with van der Waals surface area (Å²) >= 11 is 0. The summed E-state index contributed by atoms with van der Waals surface area (Å²) in [7, 11) is 0. The predicted molar refractivity (Wildman–Crippen MR) is 79.2 cm³/mol. The normalized spacial score (nSPS) is 13.9. The Morgan fingerprint density at radius 3 is 2.67 bits per heavy atom. The van der Waals surface area contributed by atoms with Crippen molar-refractivity contribution in [1.82, 2.24) is 10.2 Å². The molecule has 1 amide bonds. The molecular weight excluding hydrogens is 266 g/mol. The lowest BCUT2D eigenvalue weighted by Gasteiger charge is -2.02. The Labute approximate surface area is 122 Å². The van der Waals surface area contributed by atoms with Crippen LogP contribution in [0.3, 0.4) is 0 Å². The average molecular weight is 283 g/mol. The minimum atomic E-state index is -0.187. The second-order valence-corrected chi connectivity index (χ2v) is 5.32. The van der Waals surface area contributed by atoms with E-state index < -0.39 is 0 Å². The Bertz CT molecular complexity index is 645. The number of rotatable bonds is 6. The van der Waals surface area contributed by atoms with Gasteiger partial charge in [0.05, 0.1) is 0 Å². The van der Waals surface area contributed by atoms with Crippen molar-refractivity contribution in [3.8, 4) is 0 Å². The lowest BCUT2D eigenvalue weighted by Crippen LogP contribution is -2.13. The van der Waals surface area contributed by atoms with Crippen LogP contribution in [0.2, 0.25) is 0 Å². The Morgan fingerprint density at radius 2 is 1.95 bits per heavy atom. The number of ketones is 1. The molecule has 3 rings (SSSR count). The van der Waals surface area contributed by atoms with E-state index in [0.29, 0.717) is 17.3 Å². The number of carbonyl (C=O) groups excluding carboxylic acids is 2. The summed E-state index contributed by atoms with van der Waals surface area (Å²) in [6.07, 6.45) is 2.73. The van der Waals surface area contributed by atoms with Crippen molar-refractivity contribution in [1.29, 1.82) is 0 Å². The molecule has 0 radical (unpaired) electrons. The van der Waals surface area contributed by atoms with Crippen molar-refractivity contribution in [2.24, 2.45) is 0 Å². The number of nitrogens with zero attached hydrogens (tertiary/aromatic N) is 1. The topological polar surface area (TPSA) is 74.8 Å². The van der Waals surface area contributed by atoms with Crippen molar-refractivity contribution in [2.75, 3.05) is 5.32 Å². The highest BCUT2D eigenvalue weighted by Crippen LogP contribution is 2.39. The SMILES string of the molecule is O=C(CCC(=O)c1ccccc1)Nc1cc(C2CC2)[nH]n1. The number of aromatic nitrogens is 2. The lowest BCUT2D eigenvalue weighted by molar-refractivity contribution is -0.116. The van der Waals surface area contributed by atoms with Gasteiger partial charge in [-0.05, 0) is 12.8 Å². The molecule has 0 aliphatic heterocycles. The van der Waals surface area contributed by atoms with Crippen LogP contribution >= 0.6 is 0 Å². The van der Waals surface area contributed by atoms with Crippen molar-refractivity contribution in [2.45, 2.75) is 31.6 Å². The third-order valence-electron chi connectivity index (χ3n) is 3.56. The number of hydrogen-bond donors (Lipinski definition) is 2. The number of hydrogen-bond acceptors (Lipinski definition) is 3. The highest BCUT2D eigenvalue weighted by Gasteiger charge is 2.25. The standard InChI is InChI=1S/C16H17N3O2/c20-14(12-4-2-1-3-5-12)8-9-16(21)17-15-10-13(18-19-15)11-6-7-11/h1-5,10-11H,6-9H2,(H2,17,18,19,21). The second-order valence-electron chi connectivity index (χ2n) is 5.32. The van der Waals surface area contributed by atoms with Gasteiger partial charge in [0.2, 0.25) is 5.91 Å². The monoisotopic (exact) mass is 283 g/mol. The molecule has 0 atom stereocenters. The first-order chi connectivity index (χ1) is 10.2.